The van der Waals surface area contributed by atoms with Crippen LogP contribution in [0.5, 0.6) is 5.75 Å². The minimum atomic E-state index is -0.936. The van der Waals surface area contributed by atoms with E-state index < -0.39 is 11.1 Å². The number of hydrogen-bond acceptors (Lipinski definition) is 7. The Morgan fingerprint density at radius 1 is 1.07 bits per heavy atom. The Balaban J connectivity index is 1.46. The molecule has 0 spiro atoms. The molecule has 0 saturated heterocycles. The van der Waals surface area contributed by atoms with Crippen molar-refractivity contribution >= 4 is 11.8 Å². The Kier molecular flexibility index (Phi) is 6.32. The highest BCUT2D eigenvalue weighted by molar-refractivity contribution is 5.63. The number of non-ortho nitro benzene ring substituents is 1. The monoisotopic (exact) mass is 383 g/mol. The average molecular weight is 383 g/mol. The molecule has 0 unspecified atom stereocenters. The average Bonchev–Trinajstić information content (AvgIpc) is 3.15. The highest BCUT2D eigenvalue weighted by Gasteiger charge is 2.11. The molecule has 0 bridgehead atoms. The minimum Gasteiger partial charge on any atom is -0.426 e. The van der Waals surface area contributed by atoms with Crippen LogP contribution in [0.4, 0.5) is 10.5 Å². The zero-order valence-electron chi connectivity index (χ0n) is 14.8. The number of ether oxygens (including phenoxy) is 3. The van der Waals surface area contributed by atoms with Crippen molar-refractivity contribution in [3.8, 4) is 5.75 Å². The predicted octanol–water partition coefficient (Wildman–Crippen LogP) is 3.68. The van der Waals surface area contributed by atoms with Gasteiger partial charge in [-0.15, -0.1) is 0 Å². The zero-order valence-corrected chi connectivity index (χ0v) is 14.8. The first-order chi connectivity index (χ1) is 13.6. The van der Waals surface area contributed by atoms with Crippen LogP contribution in [-0.2, 0) is 29.4 Å². The van der Waals surface area contributed by atoms with Crippen LogP contribution >= 0.6 is 0 Å². The van der Waals surface area contributed by atoms with Crippen molar-refractivity contribution in [1.29, 1.82) is 0 Å². The Labute approximate surface area is 160 Å². The summed E-state index contributed by atoms with van der Waals surface area (Å²) in [5.41, 5.74) is 0.949. The Morgan fingerprint density at radius 3 is 2.54 bits per heavy atom. The second-order valence-electron chi connectivity index (χ2n) is 5.67. The molecule has 0 amide bonds. The van der Waals surface area contributed by atoms with Crippen molar-refractivity contribution in [2.45, 2.75) is 19.9 Å². The van der Waals surface area contributed by atoms with Crippen LogP contribution in [0.15, 0.2) is 67.0 Å². The van der Waals surface area contributed by atoms with Gasteiger partial charge in [0.2, 0.25) is 0 Å². The van der Waals surface area contributed by atoms with Gasteiger partial charge in [-0.3, -0.25) is 10.1 Å². The molecule has 0 N–H and O–H groups in total. The third-order valence-corrected chi connectivity index (χ3v) is 3.71. The molecule has 144 valence electrons. The smallest absolute Gasteiger partial charge is 0.426 e. The van der Waals surface area contributed by atoms with E-state index in [0.29, 0.717) is 12.4 Å². The van der Waals surface area contributed by atoms with Gasteiger partial charge < -0.3 is 18.8 Å². The molecule has 9 heteroatoms. The maximum atomic E-state index is 11.8. The largest absolute Gasteiger partial charge is 0.514 e. The highest BCUT2D eigenvalue weighted by atomic mass is 16.7. The lowest BCUT2D eigenvalue weighted by Gasteiger charge is -2.10. The van der Waals surface area contributed by atoms with E-state index in [1.165, 1.54) is 24.3 Å². The molecule has 3 rings (SSSR count). The number of imidazole rings is 1. The molecule has 0 aliphatic heterocycles. The fourth-order valence-electron chi connectivity index (χ4n) is 2.32. The summed E-state index contributed by atoms with van der Waals surface area (Å²) in [7, 11) is 0. The molecule has 3 aromatic rings. The first-order valence-corrected chi connectivity index (χ1v) is 8.32. The number of hydrogen-bond donors (Lipinski definition) is 0. The fourth-order valence-corrected chi connectivity index (χ4v) is 2.32. The molecule has 0 aliphatic carbocycles. The third-order valence-electron chi connectivity index (χ3n) is 3.71. The summed E-state index contributed by atoms with van der Waals surface area (Å²) < 4.78 is 17.4. The normalized spacial score (nSPS) is 10.4. The van der Waals surface area contributed by atoms with Gasteiger partial charge in [0, 0.05) is 24.5 Å². The third kappa shape index (κ3) is 5.39. The molecular weight excluding hydrogens is 366 g/mol. The lowest BCUT2D eigenvalue weighted by molar-refractivity contribution is -0.384. The van der Waals surface area contributed by atoms with Gasteiger partial charge >= 0.3 is 6.16 Å². The second kappa shape index (κ2) is 9.28. The predicted molar refractivity (Wildman–Crippen MR) is 97.4 cm³/mol. The van der Waals surface area contributed by atoms with Crippen LogP contribution in [-0.4, -0.2) is 20.6 Å². The topological polar surface area (TPSA) is 106 Å². The molecule has 1 heterocycles. The number of aromatic nitrogens is 2. The van der Waals surface area contributed by atoms with Crippen molar-refractivity contribution in [2.24, 2.45) is 0 Å². The lowest BCUT2D eigenvalue weighted by atomic mass is 10.2. The van der Waals surface area contributed by atoms with E-state index in [0.717, 1.165) is 5.56 Å². The maximum Gasteiger partial charge on any atom is 0.514 e. The van der Waals surface area contributed by atoms with Gasteiger partial charge in [0.25, 0.3) is 5.69 Å². The quantitative estimate of drug-likeness (QED) is 0.253. The standard InChI is InChI=1S/C19H17N3O6/c23-19(28-17-8-6-16(7-9-17)22(24)25)27-13-18-20-10-11-21(18)14-26-12-15-4-2-1-3-5-15/h1-11H,12-14H2. The minimum absolute atomic E-state index is 0.0988. The Hall–Kier alpha value is -3.72. The van der Waals surface area contributed by atoms with Crippen molar-refractivity contribution < 1.29 is 23.9 Å². The van der Waals surface area contributed by atoms with Gasteiger partial charge in [-0.2, -0.15) is 0 Å². The number of nitro benzene ring substituents is 1. The van der Waals surface area contributed by atoms with E-state index in [-0.39, 0.29) is 24.8 Å². The molecule has 2 aromatic carbocycles. The van der Waals surface area contributed by atoms with Gasteiger partial charge in [-0.25, -0.2) is 9.78 Å². The first-order valence-electron chi connectivity index (χ1n) is 8.32. The van der Waals surface area contributed by atoms with Crippen molar-refractivity contribution in [2.75, 3.05) is 0 Å². The Morgan fingerprint density at radius 2 is 1.82 bits per heavy atom. The summed E-state index contributed by atoms with van der Waals surface area (Å²) in [5.74, 6) is 0.638. The van der Waals surface area contributed by atoms with E-state index in [2.05, 4.69) is 4.98 Å². The molecule has 0 radical (unpaired) electrons. The second-order valence-corrected chi connectivity index (χ2v) is 5.67. The number of carbonyl (C=O) groups is 1. The Bertz CT molecular complexity index is 924. The maximum absolute atomic E-state index is 11.8. The molecule has 28 heavy (non-hydrogen) atoms. The van der Waals surface area contributed by atoms with Crippen molar-refractivity contribution in [1.82, 2.24) is 9.55 Å². The summed E-state index contributed by atoms with van der Waals surface area (Å²) >= 11 is 0. The van der Waals surface area contributed by atoms with Gasteiger partial charge in [-0.1, -0.05) is 30.3 Å². The van der Waals surface area contributed by atoms with Gasteiger partial charge in [-0.05, 0) is 17.7 Å². The van der Waals surface area contributed by atoms with Crippen molar-refractivity contribution in [3.05, 3.63) is 88.5 Å². The number of nitrogens with zero attached hydrogens (tertiary/aromatic N) is 3. The number of benzene rings is 2. The summed E-state index contributed by atoms with van der Waals surface area (Å²) in [6.45, 7) is 0.597. The summed E-state index contributed by atoms with van der Waals surface area (Å²) in [5, 5.41) is 10.6. The molecule has 0 fully saturated rings. The van der Waals surface area contributed by atoms with E-state index >= 15 is 0 Å². The summed E-state index contributed by atoms with van der Waals surface area (Å²) in [6.07, 6.45) is 2.35. The van der Waals surface area contributed by atoms with Crippen LogP contribution in [0.2, 0.25) is 0 Å². The molecule has 1 aromatic heterocycles. The summed E-state index contributed by atoms with van der Waals surface area (Å²) in [4.78, 5) is 26.0. The van der Waals surface area contributed by atoms with E-state index in [1.807, 2.05) is 30.3 Å². The number of carbonyl (C=O) groups excluding carboxylic acids is 1. The van der Waals surface area contributed by atoms with E-state index in [4.69, 9.17) is 14.2 Å². The van der Waals surface area contributed by atoms with Crippen LogP contribution < -0.4 is 4.74 Å². The van der Waals surface area contributed by atoms with Gasteiger partial charge in [0.1, 0.15) is 18.3 Å². The van der Waals surface area contributed by atoms with E-state index in [1.54, 1.807) is 17.0 Å². The van der Waals surface area contributed by atoms with Crippen LogP contribution in [0.3, 0.4) is 0 Å². The lowest BCUT2D eigenvalue weighted by Crippen LogP contribution is -2.14. The van der Waals surface area contributed by atoms with Crippen molar-refractivity contribution in [3.63, 3.8) is 0 Å². The molecular formula is C19H17N3O6. The van der Waals surface area contributed by atoms with Gasteiger partial charge in [0.15, 0.2) is 6.61 Å². The van der Waals surface area contributed by atoms with Crippen LogP contribution in [0.1, 0.15) is 11.4 Å². The van der Waals surface area contributed by atoms with Gasteiger partial charge in [0.05, 0.1) is 11.5 Å². The first kappa shape index (κ1) is 19.1. The highest BCUT2D eigenvalue weighted by Crippen LogP contribution is 2.17. The molecule has 0 atom stereocenters. The van der Waals surface area contributed by atoms with Crippen LogP contribution in [0.25, 0.3) is 0 Å². The zero-order chi connectivity index (χ0) is 19.8. The van der Waals surface area contributed by atoms with E-state index in [9.17, 15) is 14.9 Å². The number of rotatable bonds is 8. The molecule has 9 nitrogen and oxygen atoms in total. The fraction of sp³-hybridized carbons (Fsp3) is 0.158. The molecule has 0 saturated carbocycles. The molecule has 0 aliphatic rings. The van der Waals surface area contributed by atoms with Crippen LogP contribution in [0, 0.1) is 10.1 Å². The SMILES string of the molecule is O=C(OCc1nccn1COCc1ccccc1)Oc1ccc([N+](=O)[O-])cc1. The number of nitro groups is 1. The summed E-state index contributed by atoms with van der Waals surface area (Å²) in [6, 6.07) is 14.8.